The molecule has 6 heteroatoms. The summed E-state index contributed by atoms with van der Waals surface area (Å²) in [5, 5.41) is 10.1. The van der Waals surface area contributed by atoms with E-state index in [9.17, 15) is 13.9 Å². The molecule has 1 aromatic rings. The lowest BCUT2D eigenvalue weighted by Crippen LogP contribution is -2.39. The molecule has 0 aromatic heterocycles. The Morgan fingerprint density at radius 3 is 2.96 bits per heavy atom. The summed E-state index contributed by atoms with van der Waals surface area (Å²) in [6.07, 6.45) is 2.95. The van der Waals surface area contributed by atoms with E-state index in [4.69, 9.17) is 9.47 Å². The molecule has 4 nitrogen and oxygen atoms in total. The van der Waals surface area contributed by atoms with E-state index >= 15 is 0 Å². The Bertz CT molecular complexity index is 521. The van der Waals surface area contributed by atoms with Crippen molar-refractivity contribution in [2.24, 2.45) is 0 Å². The molecular weight excluding hydrogens is 316 g/mol. The molecule has 24 heavy (non-hydrogen) atoms. The van der Waals surface area contributed by atoms with Gasteiger partial charge in [0, 0.05) is 37.9 Å². The van der Waals surface area contributed by atoms with Crippen molar-refractivity contribution >= 4 is 0 Å². The van der Waals surface area contributed by atoms with Crippen LogP contribution in [-0.4, -0.2) is 55.1 Å². The summed E-state index contributed by atoms with van der Waals surface area (Å²) in [4.78, 5) is 1.92. The zero-order valence-corrected chi connectivity index (χ0v) is 13.8. The molecular formula is C18H25F2NO3. The van der Waals surface area contributed by atoms with E-state index in [1.165, 1.54) is 12.1 Å². The van der Waals surface area contributed by atoms with Crippen LogP contribution in [0.25, 0.3) is 0 Å². The van der Waals surface area contributed by atoms with Crippen LogP contribution in [0.5, 0.6) is 0 Å². The highest BCUT2D eigenvalue weighted by Gasteiger charge is 2.22. The van der Waals surface area contributed by atoms with Gasteiger partial charge in [-0.05, 0) is 18.9 Å². The normalized spacial score (nSPS) is 18.9. The van der Waals surface area contributed by atoms with Gasteiger partial charge in [0.15, 0.2) is 0 Å². The average molecular weight is 341 g/mol. The van der Waals surface area contributed by atoms with Crippen molar-refractivity contribution in [3.63, 3.8) is 0 Å². The number of ether oxygens (including phenoxy) is 2. The summed E-state index contributed by atoms with van der Waals surface area (Å²) in [7, 11) is 0. The Balaban J connectivity index is 1.96. The number of aliphatic hydroxyl groups excluding tert-OH is 1. The van der Waals surface area contributed by atoms with Crippen molar-refractivity contribution in [2.75, 3.05) is 32.9 Å². The molecule has 1 heterocycles. The van der Waals surface area contributed by atoms with Crippen LogP contribution in [0.4, 0.5) is 8.78 Å². The van der Waals surface area contributed by atoms with E-state index in [0.29, 0.717) is 25.3 Å². The molecule has 1 aliphatic heterocycles. The summed E-state index contributed by atoms with van der Waals surface area (Å²) in [6, 6.07) is 3.56. The molecule has 0 radical (unpaired) electrons. The molecule has 1 fully saturated rings. The fraction of sp³-hybridized carbons (Fsp3) is 0.556. The van der Waals surface area contributed by atoms with E-state index in [2.05, 4.69) is 6.58 Å². The predicted molar refractivity (Wildman–Crippen MR) is 87.6 cm³/mol. The smallest absolute Gasteiger partial charge is 0.130 e. The highest BCUT2D eigenvalue weighted by atomic mass is 19.1. The molecule has 1 N–H and O–H groups in total. The third-order valence-electron chi connectivity index (χ3n) is 3.91. The van der Waals surface area contributed by atoms with Gasteiger partial charge in [-0.15, -0.1) is 6.58 Å². The fourth-order valence-corrected chi connectivity index (χ4v) is 2.81. The maximum absolute atomic E-state index is 13.9. The number of halogens is 2. The summed E-state index contributed by atoms with van der Waals surface area (Å²) in [6.45, 7) is 6.04. The number of aliphatic hydroxyl groups is 1. The van der Waals surface area contributed by atoms with Gasteiger partial charge < -0.3 is 14.6 Å². The lowest BCUT2D eigenvalue weighted by molar-refractivity contribution is 0.00829. The maximum atomic E-state index is 13.9. The van der Waals surface area contributed by atoms with Crippen molar-refractivity contribution < 1.29 is 23.4 Å². The van der Waals surface area contributed by atoms with Gasteiger partial charge in [-0.3, -0.25) is 4.90 Å². The van der Waals surface area contributed by atoms with Crippen molar-refractivity contribution in [1.29, 1.82) is 0 Å². The van der Waals surface area contributed by atoms with Crippen molar-refractivity contribution in [2.45, 2.75) is 31.6 Å². The largest absolute Gasteiger partial charge is 0.389 e. The zero-order chi connectivity index (χ0) is 17.4. The second-order valence-corrected chi connectivity index (χ2v) is 6.04. The van der Waals surface area contributed by atoms with E-state index in [1.54, 1.807) is 6.08 Å². The molecule has 2 rings (SSSR count). The van der Waals surface area contributed by atoms with E-state index in [-0.39, 0.29) is 19.3 Å². The third kappa shape index (κ3) is 6.28. The highest BCUT2D eigenvalue weighted by molar-refractivity contribution is 5.18. The standard InChI is InChI=1S/C18H25F2NO3/c1-2-7-23-13-16(22)11-21(12-17-4-3-8-24-17)10-14-5-6-15(19)9-18(14)20/h2,5-6,9,16-17,22H,1,3-4,7-8,10-13H2. The molecule has 0 spiro atoms. The first-order valence-corrected chi connectivity index (χ1v) is 8.23. The second kappa shape index (κ2) is 9.84. The first-order chi connectivity index (χ1) is 11.6. The van der Waals surface area contributed by atoms with Gasteiger partial charge in [0.1, 0.15) is 11.6 Å². The Morgan fingerprint density at radius 2 is 2.29 bits per heavy atom. The molecule has 0 saturated carbocycles. The monoisotopic (exact) mass is 341 g/mol. The van der Waals surface area contributed by atoms with Crippen LogP contribution in [-0.2, 0) is 16.0 Å². The molecule has 2 atom stereocenters. The second-order valence-electron chi connectivity index (χ2n) is 6.04. The predicted octanol–water partition coefficient (Wildman–Crippen LogP) is 2.51. The van der Waals surface area contributed by atoms with E-state index in [0.717, 1.165) is 25.5 Å². The maximum Gasteiger partial charge on any atom is 0.130 e. The molecule has 2 unspecified atom stereocenters. The van der Waals surface area contributed by atoms with Crippen LogP contribution in [0, 0.1) is 11.6 Å². The van der Waals surface area contributed by atoms with Crippen LogP contribution in [0.15, 0.2) is 30.9 Å². The minimum absolute atomic E-state index is 0.0785. The summed E-state index contributed by atoms with van der Waals surface area (Å²) < 4.78 is 37.9. The van der Waals surface area contributed by atoms with Gasteiger partial charge >= 0.3 is 0 Å². The minimum atomic E-state index is -0.699. The lowest BCUT2D eigenvalue weighted by Gasteiger charge is -2.27. The Hall–Kier alpha value is -1.34. The molecule has 1 aliphatic rings. The quantitative estimate of drug-likeness (QED) is 0.524. The average Bonchev–Trinajstić information content (AvgIpc) is 3.03. The molecule has 1 aromatic carbocycles. The first kappa shape index (κ1) is 19.0. The number of rotatable bonds is 10. The topological polar surface area (TPSA) is 41.9 Å². The molecule has 134 valence electrons. The highest BCUT2D eigenvalue weighted by Crippen LogP contribution is 2.17. The van der Waals surface area contributed by atoms with Crippen LogP contribution in [0.3, 0.4) is 0 Å². The molecule has 0 amide bonds. The molecule has 0 aliphatic carbocycles. The SMILES string of the molecule is C=CCOCC(O)CN(Cc1ccc(F)cc1F)CC1CCCO1. The molecule has 0 bridgehead atoms. The van der Waals surface area contributed by atoms with Gasteiger partial charge in [-0.2, -0.15) is 0 Å². The zero-order valence-electron chi connectivity index (χ0n) is 13.8. The number of hydrogen-bond acceptors (Lipinski definition) is 4. The first-order valence-electron chi connectivity index (χ1n) is 8.23. The minimum Gasteiger partial charge on any atom is -0.389 e. The van der Waals surface area contributed by atoms with Crippen molar-refractivity contribution in [1.82, 2.24) is 4.90 Å². The van der Waals surface area contributed by atoms with Gasteiger partial charge in [0.2, 0.25) is 0 Å². The van der Waals surface area contributed by atoms with Crippen molar-refractivity contribution in [3.05, 3.63) is 48.1 Å². The van der Waals surface area contributed by atoms with Gasteiger partial charge in [0.05, 0.1) is 25.4 Å². The Kier molecular flexibility index (Phi) is 7.78. The lowest BCUT2D eigenvalue weighted by atomic mass is 10.1. The van der Waals surface area contributed by atoms with Gasteiger partial charge in [-0.25, -0.2) is 8.78 Å². The Morgan fingerprint density at radius 1 is 1.46 bits per heavy atom. The van der Waals surface area contributed by atoms with Crippen LogP contribution in [0.2, 0.25) is 0 Å². The fourth-order valence-electron chi connectivity index (χ4n) is 2.81. The van der Waals surface area contributed by atoms with Gasteiger partial charge in [-0.1, -0.05) is 12.1 Å². The summed E-state index contributed by atoms with van der Waals surface area (Å²) in [5.74, 6) is -1.18. The number of hydrogen-bond donors (Lipinski definition) is 1. The summed E-state index contributed by atoms with van der Waals surface area (Å²) >= 11 is 0. The Labute approximate surface area is 141 Å². The van der Waals surface area contributed by atoms with E-state index < -0.39 is 17.7 Å². The van der Waals surface area contributed by atoms with Crippen LogP contribution in [0.1, 0.15) is 18.4 Å². The molecule has 1 saturated heterocycles. The third-order valence-corrected chi connectivity index (χ3v) is 3.91. The number of nitrogens with zero attached hydrogens (tertiary/aromatic N) is 1. The van der Waals surface area contributed by atoms with Gasteiger partial charge in [0.25, 0.3) is 0 Å². The van der Waals surface area contributed by atoms with Crippen LogP contribution < -0.4 is 0 Å². The van der Waals surface area contributed by atoms with E-state index in [1.807, 2.05) is 4.90 Å². The number of benzene rings is 1. The summed E-state index contributed by atoms with van der Waals surface area (Å²) in [5.41, 5.74) is 0.397. The van der Waals surface area contributed by atoms with Crippen molar-refractivity contribution in [3.8, 4) is 0 Å². The van der Waals surface area contributed by atoms with Crippen LogP contribution >= 0.6 is 0 Å².